The van der Waals surface area contributed by atoms with Gasteiger partial charge in [0.1, 0.15) is 5.69 Å². The molecular weight excluding hydrogens is 564 g/mol. The Hall–Kier alpha value is -3.20. The molecule has 4 heterocycles. The Bertz CT molecular complexity index is 1480. The van der Waals surface area contributed by atoms with Gasteiger partial charge in [0, 0.05) is 51.2 Å². The van der Waals surface area contributed by atoms with E-state index in [2.05, 4.69) is 39.8 Å². The third-order valence-electron chi connectivity index (χ3n) is 7.43. The normalized spacial score (nSPS) is 19.0. The Kier molecular flexibility index (Phi) is 8.15. The molecule has 2 aliphatic carbocycles. The van der Waals surface area contributed by atoms with E-state index in [9.17, 15) is 13.2 Å². The lowest BCUT2D eigenvalue weighted by Crippen LogP contribution is -2.49. The Morgan fingerprint density at radius 2 is 1.93 bits per heavy atom. The fourth-order valence-corrected chi connectivity index (χ4v) is 7.10. The first-order valence-corrected chi connectivity index (χ1v) is 16.4. The number of hydrogen-bond donors (Lipinski definition) is 2. The smallest absolute Gasteiger partial charge is 0.280 e. The molecule has 2 saturated carbocycles. The van der Waals surface area contributed by atoms with E-state index in [4.69, 9.17) is 4.74 Å². The summed E-state index contributed by atoms with van der Waals surface area (Å²) < 4.78 is 33.2. The molecule has 0 bridgehead atoms. The highest BCUT2D eigenvalue weighted by molar-refractivity contribution is 7.93. The van der Waals surface area contributed by atoms with Crippen molar-refractivity contribution in [1.82, 2.24) is 35.1 Å². The van der Waals surface area contributed by atoms with Gasteiger partial charge in [0.15, 0.2) is 5.01 Å². The van der Waals surface area contributed by atoms with E-state index in [0.29, 0.717) is 53.8 Å². The van der Waals surface area contributed by atoms with Gasteiger partial charge in [-0.1, -0.05) is 0 Å². The lowest BCUT2D eigenvalue weighted by atomic mass is 10.1. The van der Waals surface area contributed by atoms with Crippen LogP contribution in [0.4, 0.5) is 5.69 Å². The topological polar surface area (TPSA) is 143 Å². The van der Waals surface area contributed by atoms with E-state index >= 15 is 0 Å². The van der Waals surface area contributed by atoms with Crippen LogP contribution in [0.15, 0.2) is 36.9 Å². The third kappa shape index (κ3) is 7.00. The predicted octanol–water partition coefficient (Wildman–Crippen LogP) is 2.55. The number of carbonyl (C=O) groups is 1. The van der Waals surface area contributed by atoms with Crippen LogP contribution in [0.5, 0.6) is 5.88 Å². The summed E-state index contributed by atoms with van der Waals surface area (Å²) in [6.07, 6.45) is 10.3. The maximum Gasteiger partial charge on any atom is 0.280 e. The maximum atomic E-state index is 13.5. The van der Waals surface area contributed by atoms with Gasteiger partial charge < -0.3 is 10.1 Å². The van der Waals surface area contributed by atoms with Crippen LogP contribution in [0.25, 0.3) is 10.6 Å². The molecule has 12 nitrogen and oxygen atoms in total. The van der Waals surface area contributed by atoms with Gasteiger partial charge in [0.05, 0.1) is 46.6 Å². The van der Waals surface area contributed by atoms with Gasteiger partial charge in [-0.05, 0) is 44.7 Å². The Balaban J connectivity index is 1.19. The average molecular weight is 599 g/mol. The molecule has 41 heavy (non-hydrogen) atoms. The number of nitrogens with zero attached hydrogens (tertiary/aromatic N) is 6. The van der Waals surface area contributed by atoms with E-state index in [-0.39, 0.29) is 16.2 Å². The molecule has 0 unspecified atom stereocenters. The number of nitrogens with one attached hydrogen (secondary N) is 2. The van der Waals surface area contributed by atoms with Crippen molar-refractivity contribution in [2.24, 2.45) is 0 Å². The van der Waals surface area contributed by atoms with Gasteiger partial charge in [0.25, 0.3) is 5.91 Å². The summed E-state index contributed by atoms with van der Waals surface area (Å²) in [5, 5.41) is 3.07. The number of amides is 1. The highest BCUT2D eigenvalue weighted by atomic mass is 32.2. The van der Waals surface area contributed by atoms with E-state index in [1.165, 1.54) is 24.2 Å². The molecule has 218 valence electrons. The molecule has 3 fully saturated rings. The van der Waals surface area contributed by atoms with Crippen molar-refractivity contribution in [1.29, 1.82) is 0 Å². The van der Waals surface area contributed by atoms with Crippen molar-refractivity contribution in [2.75, 3.05) is 44.1 Å². The summed E-state index contributed by atoms with van der Waals surface area (Å²) in [4.78, 5) is 36.5. The molecule has 3 aromatic rings. The van der Waals surface area contributed by atoms with Gasteiger partial charge in [-0.2, -0.15) is 0 Å². The maximum absolute atomic E-state index is 13.5. The van der Waals surface area contributed by atoms with Gasteiger partial charge in [-0.15, -0.1) is 11.3 Å². The second-order valence-electron chi connectivity index (χ2n) is 10.6. The highest BCUT2D eigenvalue weighted by Gasteiger charge is 2.36. The number of piperazine rings is 1. The predicted molar refractivity (Wildman–Crippen MR) is 155 cm³/mol. The number of carbonyl (C=O) groups excluding carboxylic acids is 1. The Morgan fingerprint density at radius 1 is 1.12 bits per heavy atom. The molecule has 1 aliphatic heterocycles. The van der Waals surface area contributed by atoms with Crippen molar-refractivity contribution in [2.45, 2.75) is 49.9 Å². The van der Waals surface area contributed by atoms with Crippen molar-refractivity contribution < 1.29 is 17.9 Å². The lowest BCUT2D eigenvalue weighted by Gasteiger charge is -2.36. The second kappa shape index (κ2) is 12.0. The van der Waals surface area contributed by atoms with Crippen LogP contribution in [0, 0.1) is 0 Å². The summed E-state index contributed by atoms with van der Waals surface area (Å²) in [6.45, 7) is 6.69. The van der Waals surface area contributed by atoms with Crippen LogP contribution >= 0.6 is 11.3 Å². The number of hydrogen-bond acceptors (Lipinski definition) is 11. The minimum atomic E-state index is -3.42. The van der Waals surface area contributed by atoms with Crippen LogP contribution in [0.3, 0.4) is 0 Å². The number of ether oxygens (including phenoxy) is 1. The quantitative estimate of drug-likeness (QED) is 0.319. The van der Waals surface area contributed by atoms with Crippen LogP contribution in [0.1, 0.15) is 54.1 Å². The minimum Gasteiger partial charge on any atom is -0.477 e. The molecule has 2 N–H and O–H groups in total. The van der Waals surface area contributed by atoms with Crippen molar-refractivity contribution in [3.05, 3.63) is 47.6 Å². The fourth-order valence-electron chi connectivity index (χ4n) is 4.95. The zero-order valence-electron chi connectivity index (χ0n) is 22.9. The number of aromatic nitrogens is 4. The largest absolute Gasteiger partial charge is 0.477 e. The number of thiazole rings is 1. The first-order valence-electron chi connectivity index (χ1n) is 14.0. The van der Waals surface area contributed by atoms with E-state index in [1.54, 1.807) is 36.9 Å². The molecular formula is C27H34N8O4S2. The van der Waals surface area contributed by atoms with E-state index < -0.39 is 16.1 Å². The molecule has 1 atom stereocenters. The first-order chi connectivity index (χ1) is 19.9. The zero-order chi connectivity index (χ0) is 28.4. The summed E-state index contributed by atoms with van der Waals surface area (Å²) in [7, 11) is -3.42. The van der Waals surface area contributed by atoms with E-state index in [0.717, 1.165) is 32.2 Å². The van der Waals surface area contributed by atoms with Crippen LogP contribution in [-0.4, -0.2) is 94.7 Å². The average Bonchev–Trinajstić information content (AvgIpc) is 3.91. The second-order valence-corrected chi connectivity index (χ2v) is 13.6. The molecule has 1 saturated heterocycles. The van der Waals surface area contributed by atoms with Gasteiger partial charge in [0.2, 0.25) is 15.9 Å². The van der Waals surface area contributed by atoms with Crippen LogP contribution in [0.2, 0.25) is 0 Å². The summed E-state index contributed by atoms with van der Waals surface area (Å²) >= 11 is 1.22. The monoisotopic (exact) mass is 598 g/mol. The van der Waals surface area contributed by atoms with Crippen molar-refractivity contribution >= 4 is 33.0 Å². The molecule has 0 radical (unpaired) electrons. The zero-order valence-corrected chi connectivity index (χ0v) is 24.5. The lowest BCUT2D eigenvalue weighted by molar-refractivity contribution is 0.0889. The van der Waals surface area contributed by atoms with Crippen molar-refractivity contribution in [3.8, 4) is 16.5 Å². The molecule has 6 rings (SSSR count). The number of rotatable bonds is 12. The molecule has 3 aromatic heterocycles. The Labute approximate surface area is 243 Å². The molecule has 0 aromatic carbocycles. The SMILES string of the molecule is CCOc1cncc(-c2cnc(C(=O)N[C@@H](CN3CCN(C4CC4)CC3)c3cc(NS(=O)(=O)C4CC4)ccn3)s2)n1. The standard InChI is InChI=1S/C27H34N8O4S2/c1-2-39-25-16-28-14-22(31-25)24-15-30-27(40-24)26(36)32-23(17-34-9-11-35(12-10-34)19-3-4-19)21-13-18(7-8-29-21)33-41(37,38)20-5-6-20/h7-8,13-16,19-20,23H,2-6,9-12,17H2,1H3,(H,29,33)(H,32,36)/t23-/m0/s1. The summed E-state index contributed by atoms with van der Waals surface area (Å²) in [5.74, 6) is 0.0806. The minimum absolute atomic E-state index is 0.290. The number of pyridine rings is 1. The highest BCUT2D eigenvalue weighted by Crippen LogP contribution is 2.31. The number of sulfonamides is 1. The fraction of sp³-hybridized carbons (Fsp3) is 0.519. The van der Waals surface area contributed by atoms with Crippen LogP contribution < -0.4 is 14.8 Å². The molecule has 14 heteroatoms. The van der Waals surface area contributed by atoms with Crippen LogP contribution in [-0.2, 0) is 10.0 Å². The van der Waals surface area contributed by atoms with Crippen molar-refractivity contribution in [3.63, 3.8) is 0 Å². The molecule has 1 amide bonds. The summed E-state index contributed by atoms with van der Waals surface area (Å²) in [6, 6.07) is 3.62. The number of anilines is 1. The summed E-state index contributed by atoms with van der Waals surface area (Å²) in [5.41, 5.74) is 1.62. The van der Waals surface area contributed by atoms with Gasteiger partial charge in [-0.3, -0.25) is 29.3 Å². The molecule has 0 spiro atoms. The first kappa shape index (κ1) is 27.9. The Morgan fingerprint density at radius 3 is 2.66 bits per heavy atom. The third-order valence-corrected chi connectivity index (χ3v) is 10.3. The molecule has 3 aliphatic rings. The van der Waals surface area contributed by atoms with Gasteiger partial charge in [-0.25, -0.2) is 18.4 Å². The van der Waals surface area contributed by atoms with Gasteiger partial charge >= 0.3 is 0 Å². The van der Waals surface area contributed by atoms with E-state index in [1.807, 2.05) is 6.92 Å².